The fraction of sp³-hybridized carbons (Fsp3) is 0.292. The van der Waals surface area contributed by atoms with E-state index in [1.807, 2.05) is 24.3 Å². The number of hydrogen-bond donors (Lipinski definition) is 1. The van der Waals surface area contributed by atoms with Gasteiger partial charge in [0.05, 0.1) is 18.4 Å². The van der Waals surface area contributed by atoms with E-state index in [9.17, 15) is 4.79 Å². The largest absolute Gasteiger partial charge is 0.497 e. The summed E-state index contributed by atoms with van der Waals surface area (Å²) in [6.07, 6.45) is 4.89. The first-order valence-electron chi connectivity index (χ1n) is 10.1. The zero-order chi connectivity index (χ0) is 19.8. The van der Waals surface area contributed by atoms with Crippen molar-refractivity contribution in [2.45, 2.75) is 37.6 Å². The number of hydrogen-bond acceptors (Lipinski definition) is 5. The van der Waals surface area contributed by atoms with Gasteiger partial charge in [-0.1, -0.05) is 36.4 Å². The van der Waals surface area contributed by atoms with Gasteiger partial charge >= 0.3 is 0 Å². The van der Waals surface area contributed by atoms with Crippen molar-refractivity contribution in [2.75, 3.05) is 12.4 Å². The van der Waals surface area contributed by atoms with Crippen molar-refractivity contribution in [2.24, 2.45) is 0 Å². The highest BCUT2D eigenvalue weighted by atomic mass is 16.5. The number of nitrogens with one attached hydrogen (secondary N) is 1. The third-order valence-electron chi connectivity index (χ3n) is 6.01. The Morgan fingerprint density at radius 2 is 1.69 bits per heavy atom. The lowest BCUT2D eigenvalue weighted by atomic mass is 9.82. The van der Waals surface area contributed by atoms with Crippen LogP contribution in [0.2, 0.25) is 0 Å². The van der Waals surface area contributed by atoms with Crippen LogP contribution >= 0.6 is 0 Å². The molecular weight excluding hydrogens is 362 g/mol. The maximum atomic E-state index is 12.7. The van der Waals surface area contributed by atoms with Crippen molar-refractivity contribution in [3.8, 4) is 5.75 Å². The van der Waals surface area contributed by atoms with Gasteiger partial charge in [-0.05, 0) is 54.0 Å². The zero-order valence-corrected chi connectivity index (χ0v) is 16.4. The van der Waals surface area contributed by atoms with Crippen LogP contribution < -0.4 is 10.1 Å². The standard InChI is InChI=1S/C24H23N3O2/c1-29-20-8-6-15(7-9-20)18-12-22-21(23(28)13-18)14-25-24(27-22)26-19-10-16-4-2-3-5-17(16)11-19/h2-9,14,18-19H,10-13H2,1H3,(H,25,26,27)/t18-/m0/s1. The number of benzene rings is 2. The first-order chi connectivity index (χ1) is 14.2. The van der Waals surface area contributed by atoms with Crippen molar-refractivity contribution in [1.82, 2.24) is 9.97 Å². The molecule has 1 heterocycles. The number of Topliss-reactive ketones (excluding diaryl/α,β-unsaturated/α-hetero) is 1. The quantitative estimate of drug-likeness (QED) is 0.736. The van der Waals surface area contributed by atoms with Gasteiger partial charge in [0, 0.05) is 18.7 Å². The van der Waals surface area contributed by atoms with Crippen molar-refractivity contribution >= 4 is 11.7 Å². The molecule has 0 radical (unpaired) electrons. The van der Waals surface area contributed by atoms with Crippen LogP contribution in [0.4, 0.5) is 5.95 Å². The number of aromatic nitrogens is 2. The van der Waals surface area contributed by atoms with Crippen molar-refractivity contribution in [1.29, 1.82) is 0 Å². The number of anilines is 1. The van der Waals surface area contributed by atoms with Gasteiger partial charge in [0.15, 0.2) is 5.78 Å². The molecule has 5 heteroatoms. The van der Waals surface area contributed by atoms with E-state index in [2.05, 4.69) is 34.6 Å². The predicted octanol–water partition coefficient (Wildman–Crippen LogP) is 3.98. The molecule has 0 saturated carbocycles. The van der Waals surface area contributed by atoms with E-state index in [-0.39, 0.29) is 11.7 Å². The second kappa shape index (κ2) is 7.32. The number of rotatable bonds is 4. The summed E-state index contributed by atoms with van der Waals surface area (Å²) < 4.78 is 5.24. The summed E-state index contributed by atoms with van der Waals surface area (Å²) in [4.78, 5) is 21.8. The van der Waals surface area contributed by atoms with E-state index in [1.54, 1.807) is 13.3 Å². The minimum Gasteiger partial charge on any atom is -0.497 e. The molecule has 146 valence electrons. The van der Waals surface area contributed by atoms with Crippen LogP contribution in [-0.2, 0) is 19.3 Å². The molecule has 0 aliphatic heterocycles. The lowest BCUT2D eigenvalue weighted by molar-refractivity contribution is 0.0962. The molecule has 3 aromatic rings. The van der Waals surface area contributed by atoms with Crippen LogP contribution in [0.5, 0.6) is 5.75 Å². The Kier molecular flexibility index (Phi) is 4.51. The topological polar surface area (TPSA) is 64.1 Å². The summed E-state index contributed by atoms with van der Waals surface area (Å²) in [6.45, 7) is 0. The molecule has 0 amide bonds. The van der Waals surface area contributed by atoms with Gasteiger partial charge in [-0.3, -0.25) is 4.79 Å². The van der Waals surface area contributed by atoms with Crippen LogP contribution in [0.25, 0.3) is 0 Å². The molecule has 29 heavy (non-hydrogen) atoms. The molecular formula is C24H23N3O2. The molecule has 1 aromatic heterocycles. The Morgan fingerprint density at radius 3 is 2.38 bits per heavy atom. The van der Waals surface area contributed by atoms with Gasteiger partial charge in [-0.25, -0.2) is 9.97 Å². The molecule has 2 aliphatic rings. The summed E-state index contributed by atoms with van der Waals surface area (Å²) in [6, 6.07) is 16.8. The lowest BCUT2D eigenvalue weighted by Crippen LogP contribution is -2.24. The molecule has 0 saturated heterocycles. The van der Waals surface area contributed by atoms with Gasteiger partial charge in [-0.15, -0.1) is 0 Å². The third-order valence-corrected chi connectivity index (χ3v) is 6.01. The lowest BCUT2D eigenvalue weighted by Gasteiger charge is -2.24. The molecule has 2 aromatic carbocycles. The second-order valence-corrected chi connectivity index (χ2v) is 7.87. The number of nitrogens with zero attached hydrogens (tertiary/aromatic N) is 2. The normalized spacial score (nSPS) is 18.2. The van der Waals surface area contributed by atoms with E-state index in [4.69, 9.17) is 9.72 Å². The van der Waals surface area contributed by atoms with Crippen molar-refractivity contribution in [3.05, 3.63) is 82.7 Å². The summed E-state index contributed by atoms with van der Waals surface area (Å²) in [5, 5.41) is 3.47. The monoisotopic (exact) mass is 385 g/mol. The number of methoxy groups -OCH3 is 1. The first kappa shape index (κ1) is 17.9. The van der Waals surface area contributed by atoms with Gasteiger partial charge in [0.2, 0.25) is 5.95 Å². The van der Waals surface area contributed by atoms with Crippen LogP contribution in [-0.4, -0.2) is 28.9 Å². The van der Waals surface area contributed by atoms with Crippen LogP contribution in [0.15, 0.2) is 54.7 Å². The highest BCUT2D eigenvalue weighted by molar-refractivity contribution is 5.98. The molecule has 1 N–H and O–H groups in total. The highest BCUT2D eigenvalue weighted by Gasteiger charge is 2.29. The SMILES string of the molecule is COc1ccc([C@@H]2CC(=O)c3cnc(NC4Cc5ccccc5C4)nc3C2)cc1. The van der Waals surface area contributed by atoms with E-state index >= 15 is 0 Å². The van der Waals surface area contributed by atoms with E-state index in [0.717, 1.165) is 36.3 Å². The fourth-order valence-electron chi connectivity index (χ4n) is 4.47. The number of carbonyl (C=O) groups is 1. The van der Waals surface area contributed by atoms with E-state index in [1.165, 1.54) is 11.1 Å². The van der Waals surface area contributed by atoms with Crippen LogP contribution in [0, 0.1) is 0 Å². The number of ketones is 1. The number of ether oxygens (including phenoxy) is 1. The summed E-state index contributed by atoms with van der Waals surface area (Å²) in [5.74, 6) is 1.69. The predicted molar refractivity (Wildman–Crippen MR) is 112 cm³/mol. The Balaban J connectivity index is 1.34. The van der Waals surface area contributed by atoms with Crippen molar-refractivity contribution in [3.63, 3.8) is 0 Å². The van der Waals surface area contributed by atoms with Gasteiger partial charge in [-0.2, -0.15) is 0 Å². The Bertz CT molecular complexity index is 1040. The summed E-state index contributed by atoms with van der Waals surface area (Å²) >= 11 is 0. The van der Waals surface area contributed by atoms with E-state index in [0.29, 0.717) is 24.0 Å². The Morgan fingerprint density at radius 1 is 0.966 bits per heavy atom. The Hall–Kier alpha value is -3.21. The van der Waals surface area contributed by atoms with Gasteiger partial charge < -0.3 is 10.1 Å². The maximum absolute atomic E-state index is 12.7. The maximum Gasteiger partial charge on any atom is 0.223 e. The number of fused-ring (bicyclic) bond motifs is 2. The Labute approximate surface area is 170 Å². The minimum absolute atomic E-state index is 0.117. The molecule has 0 unspecified atom stereocenters. The molecule has 2 aliphatic carbocycles. The highest BCUT2D eigenvalue weighted by Crippen LogP contribution is 2.33. The molecule has 1 atom stereocenters. The fourth-order valence-corrected chi connectivity index (χ4v) is 4.47. The van der Waals surface area contributed by atoms with Gasteiger partial charge in [0.1, 0.15) is 5.75 Å². The first-order valence-corrected chi connectivity index (χ1v) is 10.1. The van der Waals surface area contributed by atoms with Crippen LogP contribution in [0.1, 0.15) is 45.1 Å². The van der Waals surface area contributed by atoms with Crippen molar-refractivity contribution < 1.29 is 9.53 Å². The minimum atomic E-state index is 0.117. The molecule has 5 rings (SSSR count). The number of carbonyl (C=O) groups excluding carboxylic acids is 1. The average molecular weight is 385 g/mol. The third kappa shape index (κ3) is 3.48. The van der Waals surface area contributed by atoms with E-state index < -0.39 is 0 Å². The molecule has 5 nitrogen and oxygen atoms in total. The molecule has 0 fully saturated rings. The summed E-state index contributed by atoms with van der Waals surface area (Å²) in [5.41, 5.74) is 5.42. The average Bonchev–Trinajstić information content (AvgIpc) is 3.16. The second-order valence-electron chi connectivity index (χ2n) is 7.87. The smallest absolute Gasteiger partial charge is 0.223 e. The molecule has 0 spiro atoms. The van der Waals surface area contributed by atoms with Crippen LogP contribution in [0.3, 0.4) is 0 Å². The zero-order valence-electron chi connectivity index (χ0n) is 16.4. The van der Waals surface area contributed by atoms with Gasteiger partial charge in [0.25, 0.3) is 0 Å². The molecule has 0 bridgehead atoms. The summed E-state index contributed by atoms with van der Waals surface area (Å²) in [7, 11) is 1.66.